The van der Waals surface area contributed by atoms with Gasteiger partial charge in [0.25, 0.3) is 11.8 Å². The Kier molecular flexibility index (Phi) is 5.31. The lowest BCUT2D eigenvalue weighted by Crippen LogP contribution is -2.34. The molecule has 9 heteroatoms. The largest absolute Gasteiger partial charge is 0.494 e. The van der Waals surface area contributed by atoms with Crippen LogP contribution in [0.4, 0.5) is 4.39 Å². The van der Waals surface area contributed by atoms with Gasteiger partial charge >= 0.3 is 0 Å². The molecule has 0 saturated carbocycles. The zero-order chi connectivity index (χ0) is 20.4. The number of primary amides is 1. The molecule has 1 saturated heterocycles. The molecule has 1 aliphatic rings. The number of pyridine rings is 2. The number of amides is 2. The lowest BCUT2D eigenvalue weighted by atomic mass is 9.97. The minimum absolute atomic E-state index is 0.0159. The van der Waals surface area contributed by atoms with Crippen molar-refractivity contribution < 1.29 is 23.5 Å². The Morgan fingerprint density at radius 3 is 2.86 bits per heavy atom. The van der Waals surface area contributed by atoms with Gasteiger partial charge in [-0.25, -0.2) is 14.4 Å². The molecular weight excluding hydrogens is 367 g/mol. The van der Waals surface area contributed by atoms with E-state index < -0.39 is 29.9 Å². The lowest BCUT2D eigenvalue weighted by molar-refractivity contribution is -0.123. The molecule has 0 aromatic carbocycles. The molecule has 1 aliphatic heterocycles. The number of nitrogens with one attached hydrogen (secondary N) is 1. The van der Waals surface area contributed by atoms with Gasteiger partial charge in [-0.1, -0.05) is 12.8 Å². The molecule has 2 amide bonds. The summed E-state index contributed by atoms with van der Waals surface area (Å²) >= 11 is 0. The molecule has 3 heterocycles. The Balaban J connectivity index is 1.99. The fourth-order valence-electron chi connectivity index (χ4n) is 3.26. The Morgan fingerprint density at radius 2 is 2.25 bits per heavy atom. The molecule has 1 unspecified atom stereocenters. The number of fused-ring (bicyclic) bond motifs is 1. The number of carbonyl (C=O) groups is 2. The number of ether oxygens (including phenoxy) is 2. The van der Waals surface area contributed by atoms with E-state index in [9.17, 15) is 14.0 Å². The second kappa shape index (κ2) is 7.68. The summed E-state index contributed by atoms with van der Waals surface area (Å²) in [6.45, 7) is 1.82. The maximum absolute atomic E-state index is 14.0. The molecule has 2 aromatic rings. The van der Waals surface area contributed by atoms with Crippen molar-refractivity contribution in [2.45, 2.75) is 25.6 Å². The van der Waals surface area contributed by atoms with Crippen LogP contribution < -0.4 is 20.5 Å². The Bertz CT molecular complexity index is 988. The molecule has 0 bridgehead atoms. The fourth-order valence-corrected chi connectivity index (χ4v) is 3.26. The SMILES string of the molecule is C#Cc1cnc(OCC2NC(=O)[C@@H](F)[C@H]2CC)c2cc(OC)c(C(N)=O)nc12. The van der Waals surface area contributed by atoms with Gasteiger partial charge in [0.05, 0.1) is 29.6 Å². The summed E-state index contributed by atoms with van der Waals surface area (Å²) in [7, 11) is 1.37. The highest BCUT2D eigenvalue weighted by molar-refractivity contribution is 5.99. The average molecular weight is 386 g/mol. The summed E-state index contributed by atoms with van der Waals surface area (Å²) in [5, 5.41) is 3.00. The van der Waals surface area contributed by atoms with Crippen molar-refractivity contribution in [1.82, 2.24) is 15.3 Å². The van der Waals surface area contributed by atoms with Gasteiger partial charge in [0.15, 0.2) is 17.6 Å². The summed E-state index contributed by atoms with van der Waals surface area (Å²) in [4.78, 5) is 31.7. The summed E-state index contributed by atoms with van der Waals surface area (Å²) in [6, 6.07) is 1.02. The molecule has 28 heavy (non-hydrogen) atoms. The number of halogens is 1. The fraction of sp³-hybridized carbons (Fsp3) is 0.368. The van der Waals surface area contributed by atoms with E-state index in [2.05, 4.69) is 21.2 Å². The summed E-state index contributed by atoms with van der Waals surface area (Å²) < 4.78 is 24.9. The predicted octanol–water partition coefficient (Wildman–Crippen LogP) is 0.960. The van der Waals surface area contributed by atoms with Crippen molar-refractivity contribution >= 4 is 22.7 Å². The van der Waals surface area contributed by atoms with Crippen LogP contribution in [0.2, 0.25) is 0 Å². The number of methoxy groups -OCH3 is 1. The van der Waals surface area contributed by atoms with E-state index in [1.807, 2.05) is 0 Å². The zero-order valence-electron chi connectivity index (χ0n) is 15.4. The van der Waals surface area contributed by atoms with Gasteiger partial charge in [-0.05, 0) is 12.5 Å². The third-order valence-electron chi connectivity index (χ3n) is 4.73. The number of aromatic nitrogens is 2. The number of rotatable bonds is 6. The van der Waals surface area contributed by atoms with Gasteiger partial charge in [0.1, 0.15) is 6.61 Å². The van der Waals surface area contributed by atoms with E-state index >= 15 is 0 Å². The van der Waals surface area contributed by atoms with Crippen LogP contribution in [0, 0.1) is 18.3 Å². The number of terminal acetylenes is 1. The first-order valence-electron chi connectivity index (χ1n) is 8.62. The van der Waals surface area contributed by atoms with Crippen LogP contribution in [0.5, 0.6) is 11.6 Å². The maximum atomic E-state index is 14.0. The summed E-state index contributed by atoms with van der Waals surface area (Å²) in [5.74, 6) is 0.858. The van der Waals surface area contributed by atoms with Gasteiger partial charge in [-0.2, -0.15) is 0 Å². The standard InChI is InChI=1S/C19H19FN4O4/c1-4-9-7-22-19(28-8-12-10(5-2)14(20)18(26)23-12)11-6-13(27-3)16(17(21)25)24-15(9)11/h1,6-7,10,12,14H,5,8H2,2-3H3,(H2,21,25)(H,23,26)/t10-,12?,14-/m0/s1. The smallest absolute Gasteiger partial charge is 0.271 e. The second-order valence-electron chi connectivity index (χ2n) is 6.32. The summed E-state index contributed by atoms with van der Waals surface area (Å²) in [6.07, 6.45) is 5.79. The van der Waals surface area contributed by atoms with Crippen LogP contribution in [-0.2, 0) is 4.79 Å². The van der Waals surface area contributed by atoms with Crippen LogP contribution in [-0.4, -0.2) is 47.7 Å². The molecule has 146 valence electrons. The second-order valence-corrected chi connectivity index (χ2v) is 6.32. The summed E-state index contributed by atoms with van der Waals surface area (Å²) in [5.41, 5.74) is 5.93. The molecule has 3 N–H and O–H groups in total. The highest BCUT2D eigenvalue weighted by Crippen LogP contribution is 2.31. The van der Waals surface area contributed by atoms with Crippen LogP contribution in [0.3, 0.4) is 0 Å². The van der Waals surface area contributed by atoms with Crippen molar-refractivity contribution in [3.8, 4) is 24.0 Å². The van der Waals surface area contributed by atoms with Crippen LogP contribution >= 0.6 is 0 Å². The van der Waals surface area contributed by atoms with Gasteiger partial charge < -0.3 is 20.5 Å². The van der Waals surface area contributed by atoms with Crippen LogP contribution in [0.25, 0.3) is 10.9 Å². The zero-order valence-corrected chi connectivity index (χ0v) is 15.4. The first-order chi connectivity index (χ1) is 13.4. The first kappa shape index (κ1) is 19.4. The Labute approximate surface area is 160 Å². The normalized spacial score (nSPS) is 21.2. The minimum atomic E-state index is -1.56. The number of nitrogens with two attached hydrogens (primary N) is 1. The van der Waals surface area contributed by atoms with E-state index in [-0.39, 0.29) is 23.9 Å². The molecule has 0 spiro atoms. The lowest BCUT2D eigenvalue weighted by Gasteiger charge is -2.19. The van der Waals surface area contributed by atoms with Gasteiger partial charge in [-0.3, -0.25) is 9.59 Å². The predicted molar refractivity (Wildman–Crippen MR) is 98.6 cm³/mol. The highest BCUT2D eigenvalue weighted by atomic mass is 19.1. The van der Waals surface area contributed by atoms with Crippen molar-refractivity contribution in [2.75, 3.05) is 13.7 Å². The van der Waals surface area contributed by atoms with Gasteiger partial charge in [0.2, 0.25) is 5.88 Å². The molecule has 3 atom stereocenters. The number of hydrogen-bond acceptors (Lipinski definition) is 6. The van der Waals surface area contributed by atoms with Crippen molar-refractivity contribution in [3.63, 3.8) is 0 Å². The highest BCUT2D eigenvalue weighted by Gasteiger charge is 2.41. The molecule has 2 aromatic heterocycles. The average Bonchev–Trinajstić information content (AvgIpc) is 2.97. The molecule has 3 rings (SSSR count). The van der Waals surface area contributed by atoms with Crippen LogP contribution in [0.15, 0.2) is 12.3 Å². The topological polar surface area (TPSA) is 116 Å². The molecule has 8 nitrogen and oxygen atoms in total. The van der Waals surface area contributed by atoms with Crippen molar-refractivity contribution in [1.29, 1.82) is 0 Å². The van der Waals surface area contributed by atoms with E-state index in [4.69, 9.17) is 21.6 Å². The van der Waals surface area contributed by atoms with Crippen LogP contribution in [0.1, 0.15) is 29.4 Å². The van der Waals surface area contributed by atoms with Crippen molar-refractivity contribution in [2.24, 2.45) is 11.7 Å². The molecule has 0 radical (unpaired) electrons. The monoisotopic (exact) mass is 386 g/mol. The van der Waals surface area contributed by atoms with E-state index in [1.165, 1.54) is 19.4 Å². The van der Waals surface area contributed by atoms with E-state index in [0.29, 0.717) is 22.9 Å². The minimum Gasteiger partial charge on any atom is -0.494 e. The number of hydrogen-bond donors (Lipinski definition) is 2. The third-order valence-corrected chi connectivity index (χ3v) is 4.73. The van der Waals surface area contributed by atoms with E-state index in [1.54, 1.807) is 6.92 Å². The van der Waals surface area contributed by atoms with E-state index in [0.717, 1.165) is 0 Å². The first-order valence-corrected chi connectivity index (χ1v) is 8.62. The van der Waals surface area contributed by atoms with Gasteiger partial charge in [0, 0.05) is 12.1 Å². The van der Waals surface area contributed by atoms with Crippen molar-refractivity contribution in [3.05, 3.63) is 23.5 Å². The molecule has 0 aliphatic carbocycles. The molecular formula is C19H19FN4O4. The Morgan fingerprint density at radius 1 is 1.50 bits per heavy atom. The Hall–Kier alpha value is -3.41. The van der Waals surface area contributed by atoms with Gasteiger partial charge in [-0.15, -0.1) is 6.42 Å². The third kappa shape index (κ3) is 3.29. The maximum Gasteiger partial charge on any atom is 0.271 e. The number of nitrogens with zero attached hydrogens (tertiary/aromatic N) is 2. The quantitative estimate of drug-likeness (QED) is 0.715. The number of alkyl halides is 1. The number of carbonyl (C=O) groups excluding carboxylic acids is 2. The molecule has 1 fully saturated rings.